The third kappa shape index (κ3) is 2.99. The van der Waals surface area contributed by atoms with Gasteiger partial charge in [-0.05, 0) is 31.5 Å². The highest BCUT2D eigenvalue weighted by Gasteiger charge is 2.43. The maximum atomic E-state index is 13.7. The van der Waals surface area contributed by atoms with Crippen molar-refractivity contribution in [2.75, 3.05) is 5.32 Å². The van der Waals surface area contributed by atoms with Crippen LogP contribution in [-0.2, 0) is 19.8 Å². The number of nitrogens with zero attached hydrogens (tertiary/aromatic N) is 2. The Morgan fingerprint density at radius 1 is 1.03 bits per heavy atom. The Bertz CT molecular complexity index is 1540. The number of nitrogens with one attached hydrogen (secondary N) is 1. The maximum Gasteiger partial charge on any atom is 0.416 e. The lowest BCUT2D eigenvalue weighted by Crippen LogP contribution is -2.43. The number of alkyl halides is 3. The Hall–Kier alpha value is -3.88. The molecule has 6 nitrogen and oxygen atoms in total. The number of ketones is 1. The number of carbonyl (C=O) groups excluding carboxylic acids is 1. The summed E-state index contributed by atoms with van der Waals surface area (Å²) in [6, 6.07) is 10.4. The fourth-order valence-electron chi connectivity index (χ4n) is 4.93. The fraction of sp³-hybridized carbons (Fsp3) is 0.240. The number of benzene rings is 2. The zero-order chi connectivity index (χ0) is 24.5. The van der Waals surface area contributed by atoms with Gasteiger partial charge in [0.2, 0.25) is 0 Å². The van der Waals surface area contributed by atoms with E-state index in [0.29, 0.717) is 22.4 Å². The van der Waals surface area contributed by atoms with Crippen molar-refractivity contribution in [3.63, 3.8) is 0 Å². The van der Waals surface area contributed by atoms with Gasteiger partial charge in [-0.3, -0.25) is 18.7 Å². The quantitative estimate of drug-likeness (QED) is 0.617. The lowest BCUT2D eigenvalue weighted by Gasteiger charge is -2.30. The monoisotopic (exact) mass is 467 g/mol. The summed E-state index contributed by atoms with van der Waals surface area (Å²) in [6.45, 7) is 3.48. The van der Waals surface area contributed by atoms with Crippen molar-refractivity contribution < 1.29 is 18.0 Å². The summed E-state index contributed by atoms with van der Waals surface area (Å²) in [5.74, 6) is -1.25. The highest BCUT2D eigenvalue weighted by molar-refractivity contribution is 6.23. The van der Waals surface area contributed by atoms with Gasteiger partial charge in [-0.1, -0.05) is 35.9 Å². The van der Waals surface area contributed by atoms with E-state index >= 15 is 0 Å². The summed E-state index contributed by atoms with van der Waals surface area (Å²) in [7, 11) is 1.32. The van der Waals surface area contributed by atoms with Crippen LogP contribution in [0.3, 0.4) is 0 Å². The first-order valence-electron chi connectivity index (χ1n) is 10.7. The van der Waals surface area contributed by atoms with Gasteiger partial charge in [-0.15, -0.1) is 0 Å². The molecule has 1 unspecified atom stereocenters. The Morgan fingerprint density at radius 3 is 2.35 bits per heavy atom. The van der Waals surface area contributed by atoms with Gasteiger partial charge in [0.25, 0.3) is 5.56 Å². The number of anilines is 1. The Labute approximate surface area is 192 Å². The van der Waals surface area contributed by atoms with E-state index in [-0.39, 0.29) is 34.8 Å². The lowest BCUT2D eigenvalue weighted by molar-refractivity contribution is -0.137. The number of rotatable bonds is 2. The van der Waals surface area contributed by atoms with Crippen molar-refractivity contribution in [2.24, 2.45) is 7.05 Å². The normalized spacial score (nSPS) is 16.8. The summed E-state index contributed by atoms with van der Waals surface area (Å²) in [6.07, 6.45) is -4.61. The van der Waals surface area contributed by atoms with E-state index in [1.807, 2.05) is 0 Å². The molecule has 0 spiro atoms. The fourth-order valence-corrected chi connectivity index (χ4v) is 4.93. The van der Waals surface area contributed by atoms with Gasteiger partial charge >= 0.3 is 11.9 Å². The van der Waals surface area contributed by atoms with Crippen LogP contribution >= 0.6 is 0 Å². The molecule has 0 radical (unpaired) electrons. The van der Waals surface area contributed by atoms with E-state index in [4.69, 9.17) is 0 Å². The molecule has 9 heteroatoms. The molecule has 1 aliphatic heterocycles. The topological polar surface area (TPSA) is 73.1 Å². The van der Waals surface area contributed by atoms with Gasteiger partial charge in [0.1, 0.15) is 5.82 Å². The van der Waals surface area contributed by atoms with Crippen LogP contribution in [0.5, 0.6) is 0 Å². The first-order valence-corrected chi connectivity index (χ1v) is 10.7. The molecule has 0 saturated heterocycles. The van der Waals surface area contributed by atoms with Gasteiger partial charge in [-0.2, -0.15) is 13.2 Å². The number of Topliss-reactive ketones (excluding diaryl/α,β-unsaturated/α-hetero) is 1. The van der Waals surface area contributed by atoms with Crippen molar-refractivity contribution in [3.8, 4) is 0 Å². The van der Waals surface area contributed by atoms with Crippen LogP contribution in [0, 0.1) is 6.92 Å². The van der Waals surface area contributed by atoms with Crippen molar-refractivity contribution in [1.82, 2.24) is 9.13 Å². The number of aryl methyl sites for hydroxylation is 1. The van der Waals surface area contributed by atoms with Gasteiger partial charge in [0.15, 0.2) is 5.78 Å². The average molecular weight is 467 g/mol. The first kappa shape index (κ1) is 21.9. The van der Waals surface area contributed by atoms with E-state index in [1.54, 1.807) is 37.3 Å². The van der Waals surface area contributed by atoms with E-state index in [2.05, 4.69) is 5.32 Å². The molecule has 0 amide bonds. The highest BCUT2D eigenvalue weighted by Crippen LogP contribution is 2.48. The molecule has 2 aromatic carbocycles. The number of allylic oxidation sites excluding steroid dienone is 1. The SMILES string of the molecule is CCn1c2c(c(=O)n(C)c1=O)C(c1cc(C)cc(C(F)(F)F)c1)C1=C(N2)c2ccccc2C1=O. The number of halogens is 3. The minimum atomic E-state index is -4.61. The number of hydrogen-bond donors (Lipinski definition) is 1. The molecule has 2 aliphatic rings. The molecular formula is C25H20F3N3O3. The second-order valence-electron chi connectivity index (χ2n) is 8.50. The molecule has 3 aromatic rings. The number of fused-ring (bicyclic) bond motifs is 3. The molecule has 34 heavy (non-hydrogen) atoms. The molecule has 1 aliphatic carbocycles. The summed E-state index contributed by atoms with van der Waals surface area (Å²) in [4.78, 5) is 39.7. The summed E-state index contributed by atoms with van der Waals surface area (Å²) < 4.78 is 43.3. The Balaban J connectivity index is 1.90. The first-order chi connectivity index (χ1) is 16.0. The van der Waals surface area contributed by atoms with Crippen LogP contribution in [-0.4, -0.2) is 14.9 Å². The van der Waals surface area contributed by atoms with Crippen LogP contribution in [0.15, 0.2) is 57.6 Å². The van der Waals surface area contributed by atoms with Crippen LogP contribution in [0.1, 0.15) is 51.0 Å². The molecule has 174 valence electrons. The molecule has 1 N–H and O–H groups in total. The average Bonchev–Trinajstić information content (AvgIpc) is 3.08. The Kier molecular flexibility index (Phi) is 4.72. The predicted octanol–water partition coefficient (Wildman–Crippen LogP) is 4.06. The van der Waals surface area contributed by atoms with Crippen molar-refractivity contribution >= 4 is 17.3 Å². The van der Waals surface area contributed by atoms with Crippen molar-refractivity contribution in [2.45, 2.75) is 32.5 Å². The molecule has 0 bridgehead atoms. The van der Waals surface area contributed by atoms with Crippen LogP contribution in [0.25, 0.3) is 5.70 Å². The zero-order valence-corrected chi connectivity index (χ0v) is 18.6. The van der Waals surface area contributed by atoms with Crippen LogP contribution in [0.2, 0.25) is 0 Å². The zero-order valence-electron chi connectivity index (χ0n) is 18.6. The van der Waals surface area contributed by atoms with Gasteiger partial charge < -0.3 is 5.32 Å². The minimum Gasteiger partial charge on any atom is -0.340 e. The third-order valence-electron chi connectivity index (χ3n) is 6.43. The van der Waals surface area contributed by atoms with Gasteiger partial charge in [0.05, 0.1) is 16.8 Å². The lowest BCUT2D eigenvalue weighted by atomic mass is 9.80. The largest absolute Gasteiger partial charge is 0.416 e. The summed E-state index contributed by atoms with van der Waals surface area (Å²) in [5.41, 5.74) is 0.0795. The molecular weight excluding hydrogens is 447 g/mol. The summed E-state index contributed by atoms with van der Waals surface area (Å²) in [5, 5.41) is 3.12. The van der Waals surface area contributed by atoms with Crippen LogP contribution in [0.4, 0.5) is 19.0 Å². The van der Waals surface area contributed by atoms with E-state index in [1.165, 1.54) is 18.5 Å². The minimum absolute atomic E-state index is 0.0718. The number of carbonyl (C=O) groups is 1. The van der Waals surface area contributed by atoms with Gasteiger partial charge in [0, 0.05) is 36.2 Å². The predicted molar refractivity (Wildman–Crippen MR) is 121 cm³/mol. The number of hydrogen-bond acceptors (Lipinski definition) is 4. The van der Waals surface area contributed by atoms with E-state index in [9.17, 15) is 27.6 Å². The van der Waals surface area contributed by atoms with E-state index < -0.39 is 28.9 Å². The highest BCUT2D eigenvalue weighted by atomic mass is 19.4. The second-order valence-corrected chi connectivity index (χ2v) is 8.50. The van der Waals surface area contributed by atoms with Gasteiger partial charge in [-0.25, -0.2) is 4.79 Å². The Morgan fingerprint density at radius 2 is 1.71 bits per heavy atom. The molecule has 5 rings (SSSR count). The maximum absolute atomic E-state index is 13.7. The van der Waals surface area contributed by atoms with Crippen LogP contribution < -0.4 is 16.6 Å². The van der Waals surface area contributed by atoms with Crippen molar-refractivity contribution in [3.05, 3.63) is 102 Å². The second kappa shape index (κ2) is 7.31. The summed E-state index contributed by atoms with van der Waals surface area (Å²) >= 11 is 0. The standard InChI is InChI=1S/C25H20F3N3O3/c1-4-31-22-19(23(33)30(3)24(31)34)17(13-9-12(2)10-14(11-13)25(26,27)28)18-20(29-22)15-7-5-6-8-16(15)21(18)32/h5-11,17,29H,4H2,1-3H3. The molecule has 0 fully saturated rings. The van der Waals surface area contributed by atoms with E-state index in [0.717, 1.165) is 16.7 Å². The third-order valence-corrected chi connectivity index (χ3v) is 6.43. The number of aromatic nitrogens is 2. The van der Waals surface area contributed by atoms with Crippen molar-refractivity contribution in [1.29, 1.82) is 0 Å². The molecule has 2 heterocycles. The molecule has 1 atom stereocenters. The smallest absolute Gasteiger partial charge is 0.340 e. The molecule has 1 aromatic heterocycles. The molecule has 0 saturated carbocycles.